The monoisotopic (exact) mass is 435 g/mol. The van der Waals surface area contributed by atoms with Crippen molar-refractivity contribution in [2.24, 2.45) is 28.8 Å². The second-order valence-electron chi connectivity index (χ2n) is 8.14. The SMILES string of the molecule is O=C1[C@@H]2[C@H](C(=O)N1N=Cc1ccc(OCc3cccc(F)c3)c([N+](=O)[O-])c1)[C@H]1C=C[C@H]2C1. The molecule has 162 valence electrons. The third-order valence-electron chi connectivity index (χ3n) is 6.23. The van der Waals surface area contributed by atoms with Crippen LogP contribution in [0, 0.1) is 39.6 Å². The molecule has 2 amide bonds. The lowest BCUT2D eigenvalue weighted by Gasteiger charge is -2.13. The lowest BCUT2D eigenvalue weighted by molar-refractivity contribution is -0.385. The number of halogens is 1. The number of hydrogen-bond acceptors (Lipinski definition) is 6. The van der Waals surface area contributed by atoms with E-state index in [2.05, 4.69) is 5.10 Å². The van der Waals surface area contributed by atoms with E-state index < -0.39 is 10.7 Å². The van der Waals surface area contributed by atoms with Gasteiger partial charge in [0, 0.05) is 11.6 Å². The summed E-state index contributed by atoms with van der Waals surface area (Å²) < 4.78 is 18.8. The summed E-state index contributed by atoms with van der Waals surface area (Å²) in [6.07, 6.45) is 6.08. The molecule has 2 bridgehead atoms. The highest BCUT2D eigenvalue weighted by Crippen LogP contribution is 2.52. The number of rotatable bonds is 6. The van der Waals surface area contributed by atoms with Crippen molar-refractivity contribution in [3.05, 3.63) is 81.7 Å². The van der Waals surface area contributed by atoms with Crippen molar-refractivity contribution in [2.75, 3.05) is 0 Å². The van der Waals surface area contributed by atoms with E-state index in [-0.39, 0.29) is 53.5 Å². The van der Waals surface area contributed by atoms with Crippen LogP contribution in [0.4, 0.5) is 10.1 Å². The molecule has 1 saturated carbocycles. The number of allylic oxidation sites excluding steroid dienone is 2. The Kier molecular flexibility index (Phi) is 4.80. The number of nitro benzene ring substituents is 1. The molecular formula is C23H18FN3O5. The van der Waals surface area contributed by atoms with Crippen LogP contribution in [0.25, 0.3) is 0 Å². The molecule has 0 unspecified atom stereocenters. The normalized spacial score (nSPS) is 25.7. The molecule has 1 aliphatic heterocycles. The Hall–Kier alpha value is -3.88. The number of ether oxygens (including phenoxy) is 1. The summed E-state index contributed by atoms with van der Waals surface area (Å²) in [6, 6.07) is 9.95. The van der Waals surface area contributed by atoms with Gasteiger partial charge < -0.3 is 4.74 Å². The highest BCUT2D eigenvalue weighted by Gasteiger charge is 2.59. The molecule has 2 aromatic carbocycles. The summed E-state index contributed by atoms with van der Waals surface area (Å²) in [6.45, 7) is -0.0397. The molecule has 9 heteroatoms. The van der Waals surface area contributed by atoms with Crippen molar-refractivity contribution in [1.82, 2.24) is 5.01 Å². The summed E-state index contributed by atoms with van der Waals surface area (Å²) in [5, 5.41) is 16.4. The van der Waals surface area contributed by atoms with E-state index in [1.807, 2.05) is 12.2 Å². The fourth-order valence-electron chi connectivity index (χ4n) is 4.79. The Morgan fingerprint density at radius 1 is 1.12 bits per heavy atom. The van der Waals surface area contributed by atoms with Crippen LogP contribution >= 0.6 is 0 Å². The first kappa shape index (κ1) is 20.0. The Morgan fingerprint density at radius 3 is 2.50 bits per heavy atom. The zero-order valence-corrected chi connectivity index (χ0v) is 16.8. The van der Waals surface area contributed by atoms with Gasteiger partial charge in [-0.1, -0.05) is 24.3 Å². The largest absolute Gasteiger partial charge is 0.482 e. The molecule has 1 heterocycles. The van der Waals surface area contributed by atoms with Gasteiger partial charge in [-0.2, -0.15) is 10.1 Å². The van der Waals surface area contributed by atoms with Crippen molar-refractivity contribution < 1.29 is 23.6 Å². The minimum atomic E-state index is -0.599. The molecule has 32 heavy (non-hydrogen) atoms. The van der Waals surface area contributed by atoms with Crippen LogP contribution in [0.1, 0.15) is 17.5 Å². The smallest absolute Gasteiger partial charge is 0.311 e. The number of nitro groups is 1. The van der Waals surface area contributed by atoms with Gasteiger partial charge in [0.2, 0.25) is 0 Å². The average molecular weight is 435 g/mol. The van der Waals surface area contributed by atoms with Gasteiger partial charge in [0.05, 0.1) is 23.0 Å². The number of carbonyl (C=O) groups excluding carboxylic acids is 2. The standard InChI is InChI=1S/C23H18FN3O5/c24-17-3-1-2-14(8-17)12-32-19-7-4-13(9-18(19)27(30)31)11-25-26-22(28)20-15-5-6-16(10-15)21(20)23(26)29/h1-9,11,15-16,20-21H,10,12H2/t15-,16-,20-,21+/m0/s1. The number of amides is 2. The van der Waals surface area contributed by atoms with Crippen LogP contribution < -0.4 is 4.74 Å². The third kappa shape index (κ3) is 3.35. The van der Waals surface area contributed by atoms with Gasteiger partial charge in [0.1, 0.15) is 12.4 Å². The number of hydrogen-bond donors (Lipinski definition) is 0. The number of imide groups is 1. The van der Waals surface area contributed by atoms with E-state index in [0.717, 1.165) is 11.4 Å². The van der Waals surface area contributed by atoms with Gasteiger partial charge in [-0.3, -0.25) is 19.7 Å². The maximum atomic E-state index is 13.3. The topological polar surface area (TPSA) is 102 Å². The number of carbonyl (C=O) groups is 2. The highest BCUT2D eigenvalue weighted by molar-refractivity contribution is 6.06. The van der Waals surface area contributed by atoms with Gasteiger partial charge in [-0.15, -0.1) is 0 Å². The average Bonchev–Trinajstić information content (AvgIpc) is 3.45. The Bertz CT molecular complexity index is 1160. The van der Waals surface area contributed by atoms with Gasteiger partial charge in [0.15, 0.2) is 5.75 Å². The van der Waals surface area contributed by atoms with E-state index in [0.29, 0.717) is 11.1 Å². The molecule has 2 fully saturated rings. The first-order valence-corrected chi connectivity index (χ1v) is 10.2. The van der Waals surface area contributed by atoms with Crippen molar-refractivity contribution in [3.63, 3.8) is 0 Å². The number of benzene rings is 2. The predicted molar refractivity (Wildman–Crippen MR) is 111 cm³/mol. The summed E-state index contributed by atoms with van der Waals surface area (Å²) >= 11 is 0. The van der Waals surface area contributed by atoms with E-state index in [1.165, 1.54) is 42.6 Å². The Morgan fingerprint density at radius 2 is 1.84 bits per heavy atom. The summed E-state index contributed by atoms with van der Waals surface area (Å²) in [5.41, 5.74) is 0.571. The quantitative estimate of drug-likeness (QED) is 0.227. The van der Waals surface area contributed by atoms with Gasteiger partial charge in [0.25, 0.3) is 11.8 Å². The molecule has 0 spiro atoms. The van der Waals surface area contributed by atoms with Crippen molar-refractivity contribution >= 4 is 23.7 Å². The van der Waals surface area contributed by atoms with Crippen LogP contribution in [-0.2, 0) is 16.2 Å². The number of nitrogens with zero attached hydrogens (tertiary/aromatic N) is 3. The predicted octanol–water partition coefficient (Wildman–Crippen LogP) is 3.45. The van der Waals surface area contributed by atoms with E-state index in [1.54, 1.807) is 6.07 Å². The summed E-state index contributed by atoms with van der Waals surface area (Å²) in [7, 11) is 0. The van der Waals surface area contributed by atoms with E-state index >= 15 is 0 Å². The number of hydrazone groups is 1. The zero-order valence-electron chi connectivity index (χ0n) is 16.8. The molecule has 4 atom stereocenters. The van der Waals surface area contributed by atoms with Gasteiger partial charge in [-0.25, -0.2) is 4.39 Å². The summed E-state index contributed by atoms with van der Waals surface area (Å²) in [5.74, 6) is -1.61. The minimum Gasteiger partial charge on any atom is -0.482 e. The second-order valence-corrected chi connectivity index (χ2v) is 8.14. The maximum absolute atomic E-state index is 13.3. The third-order valence-corrected chi connectivity index (χ3v) is 6.23. The van der Waals surface area contributed by atoms with Crippen molar-refractivity contribution in [2.45, 2.75) is 13.0 Å². The van der Waals surface area contributed by atoms with Gasteiger partial charge in [-0.05, 0) is 48.1 Å². The lowest BCUT2D eigenvalue weighted by atomic mass is 9.85. The lowest BCUT2D eigenvalue weighted by Crippen LogP contribution is -2.28. The molecule has 0 radical (unpaired) electrons. The zero-order chi connectivity index (χ0) is 22.4. The Balaban J connectivity index is 1.33. The molecule has 0 N–H and O–H groups in total. The molecular weight excluding hydrogens is 417 g/mol. The highest BCUT2D eigenvalue weighted by atomic mass is 19.1. The molecule has 2 aromatic rings. The molecule has 5 rings (SSSR count). The van der Waals surface area contributed by atoms with Gasteiger partial charge >= 0.3 is 5.69 Å². The first-order valence-electron chi connectivity index (χ1n) is 10.2. The molecule has 0 aromatic heterocycles. The molecule has 1 saturated heterocycles. The minimum absolute atomic E-state index is 0.0157. The fraction of sp³-hybridized carbons (Fsp3) is 0.261. The number of fused-ring (bicyclic) bond motifs is 5. The molecule has 2 aliphatic carbocycles. The molecule has 3 aliphatic rings. The summed E-state index contributed by atoms with van der Waals surface area (Å²) in [4.78, 5) is 36.3. The van der Waals surface area contributed by atoms with Crippen molar-refractivity contribution in [3.8, 4) is 5.75 Å². The fourth-order valence-corrected chi connectivity index (χ4v) is 4.79. The maximum Gasteiger partial charge on any atom is 0.311 e. The second kappa shape index (κ2) is 7.67. The van der Waals surface area contributed by atoms with Crippen LogP contribution in [0.15, 0.2) is 59.7 Å². The van der Waals surface area contributed by atoms with E-state index in [4.69, 9.17) is 4.74 Å². The first-order chi connectivity index (χ1) is 15.4. The van der Waals surface area contributed by atoms with Crippen LogP contribution in [-0.4, -0.2) is 28.0 Å². The van der Waals surface area contributed by atoms with Crippen molar-refractivity contribution in [1.29, 1.82) is 0 Å². The van der Waals surface area contributed by atoms with E-state index in [9.17, 15) is 24.1 Å². The molecule has 8 nitrogen and oxygen atoms in total. The van der Waals surface area contributed by atoms with Crippen LogP contribution in [0.3, 0.4) is 0 Å². The Labute approximate surface area is 182 Å². The van der Waals surface area contributed by atoms with Crippen LogP contribution in [0.2, 0.25) is 0 Å². The van der Waals surface area contributed by atoms with Crippen LogP contribution in [0.5, 0.6) is 5.75 Å².